The number of aliphatic hydroxyl groups excluding tert-OH is 1. The van der Waals surface area contributed by atoms with E-state index >= 15 is 0 Å². The maximum absolute atomic E-state index is 10.6. The Hall–Kier alpha value is 1.51. The minimum Gasteiger partial charge on any atom is -0.748 e. The predicted octanol–water partition coefficient (Wildman–Crippen LogP) is -0.184. The number of rotatable bonds is 11. The fraction of sp³-hybridized carbons (Fsp3) is 1.00. The minimum absolute atomic E-state index is 0. The van der Waals surface area contributed by atoms with Crippen molar-refractivity contribution in [3.63, 3.8) is 0 Å². The van der Waals surface area contributed by atoms with Gasteiger partial charge in [0.05, 0.1) is 16.2 Å². The minimum atomic E-state index is -4.09. The molecule has 0 saturated carbocycles. The molecular formula is C13H27KO4S. The summed E-state index contributed by atoms with van der Waals surface area (Å²) in [7, 11) is -4.09. The van der Waals surface area contributed by atoms with E-state index in [1.54, 1.807) is 0 Å². The second kappa shape index (κ2) is 13.2. The zero-order valence-electron chi connectivity index (χ0n) is 12.6. The Labute approximate surface area is 160 Å². The van der Waals surface area contributed by atoms with Crippen molar-refractivity contribution in [1.82, 2.24) is 0 Å². The molecule has 0 heterocycles. The fourth-order valence-corrected chi connectivity index (χ4v) is 2.32. The third kappa shape index (κ3) is 14.2. The van der Waals surface area contributed by atoms with Crippen LogP contribution < -0.4 is 51.4 Å². The van der Waals surface area contributed by atoms with Gasteiger partial charge in [-0.05, 0) is 26.2 Å². The molecule has 0 aromatic heterocycles. The van der Waals surface area contributed by atoms with Gasteiger partial charge in [0.25, 0.3) is 0 Å². The number of hydrogen-bond acceptors (Lipinski definition) is 4. The van der Waals surface area contributed by atoms with Crippen molar-refractivity contribution in [3.05, 3.63) is 0 Å². The van der Waals surface area contributed by atoms with E-state index in [1.165, 1.54) is 6.92 Å². The monoisotopic (exact) mass is 318 g/mol. The molecular weight excluding hydrogens is 291 g/mol. The Morgan fingerprint density at radius 1 is 1.00 bits per heavy atom. The van der Waals surface area contributed by atoms with Crippen LogP contribution in [0.5, 0.6) is 0 Å². The fourth-order valence-electron chi connectivity index (χ4n) is 1.87. The van der Waals surface area contributed by atoms with E-state index in [4.69, 9.17) is 0 Å². The van der Waals surface area contributed by atoms with Crippen LogP contribution in [0.3, 0.4) is 0 Å². The first-order valence-corrected chi connectivity index (χ1v) is 8.47. The van der Waals surface area contributed by atoms with E-state index in [0.29, 0.717) is 6.42 Å². The van der Waals surface area contributed by atoms with Crippen LogP contribution in [0.1, 0.15) is 71.6 Å². The van der Waals surface area contributed by atoms with Gasteiger partial charge in [-0.25, -0.2) is 8.42 Å². The second-order valence-electron chi connectivity index (χ2n) is 5.06. The van der Waals surface area contributed by atoms with Gasteiger partial charge >= 0.3 is 51.4 Å². The van der Waals surface area contributed by atoms with E-state index < -0.39 is 15.4 Å². The predicted molar refractivity (Wildman–Crippen MR) is 72.4 cm³/mol. The van der Waals surface area contributed by atoms with E-state index in [-0.39, 0.29) is 57.5 Å². The molecule has 0 aromatic rings. The molecule has 4 nitrogen and oxygen atoms in total. The van der Waals surface area contributed by atoms with Crippen molar-refractivity contribution in [2.24, 2.45) is 0 Å². The molecule has 0 fully saturated rings. The van der Waals surface area contributed by atoms with Gasteiger partial charge in [0.15, 0.2) is 0 Å². The van der Waals surface area contributed by atoms with Crippen molar-refractivity contribution in [2.45, 2.75) is 83.0 Å². The molecule has 0 amide bonds. The van der Waals surface area contributed by atoms with Crippen LogP contribution in [-0.2, 0) is 10.1 Å². The summed E-state index contributed by atoms with van der Waals surface area (Å²) in [6, 6.07) is 0. The summed E-state index contributed by atoms with van der Waals surface area (Å²) >= 11 is 0. The Morgan fingerprint density at radius 2 is 1.42 bits per heavy atom. The number of hydrogen-bond donors (Lipinski definition) is 1. The largest absolute Gasteiger partial charge is 1.00 e. The Bertz CT molecular complexity index is 293. The van der Waals surface area contributed by atoms with Crippen molar-refractivity contribution < 1.29 is 69.5 Å². The van der Waals surface area contributed by atoms with Gasteiger partial charge in [-0.15, -0.1) is 0 Å². The Morgan fingerprint density at radius 3 is 1.84 bits per heavy atom. The number of aliphatic hydroxyl groups is 1. The van der Waals surface area contributed by atoms with E-state index in [2.05, 4.69) is 0 Å². The van der Waals surface area contributed by atoms with E-state index in [0.717, 1.165) is 51.4 Å². The van der Waals surface area contributed by atoms with Crippen LogP contribution in [0.2, 0.25) is 0 Å². The molecule has 0 radical (unpaired) electrons. The SMILES string of the molecule is CCC(O)CCCCCCCCC(C)S(=O)(=O)[O-].[K+]. The Kier molecular flexibility index (Phi) is 15.8. The molecule has 1 N–H and O–H groups in total. The summed E-state index contributed by atoms with van der Waals surface area (Å²) in [5.41, 5.74) is 0. The van der Waals surface area contributed by atoms with Gasteiger partial charge in [-0.1, -0.05) is 45.4 Å². The molecule has 2 atom stereocenters. The van der Waals surface area contributed by atoms with Gasteiger partial charge < -0.3 is 9.66 Å². The average Bonchev–Trinajstić information content (AvgIpc) is 2.30. The molecule has 0 aromatic carbocycles. The first kappa shape index (κ1) is 22.8. The van der Waals surface area contributed by atoms with Gasteiger partial charge in [0.2, 0.25) is 0 Å². The average molecular weight is 319 g/mol. The van der Waals surface area contributed by atoms with Gasteiger partial charge in [-0.2, -0.15) is 0 Å². The van der Waals surface area contributed by atoms with Crippen molar-refractivity contribution in [1.29, 1.82) is 0 Å². The van der Waals surface area contributed by atoms with Gasteiger partial charge in [0.1, 0.15) is 0 Å². The maximum Gasteiger partial charge on any atom is 1.00 e. The molecule has 0 aliphatic heterocycles. The molecule has 2 unspecified atom stereocenters. The van der Waals surface area contributed by atoms with E-state index in [1.807, 2.05) is 6.92 Å². The van der Waals surface area contributed by atoms with Gasteiger partial charge in [-0.3, -0.25) is 0 Å². The summed E-state index contributed by atoms with van der Waals surface area (Å²) in [4.78, 5) is 0. The van der Waals surface area contributed by atoms with Crippen LogP contribution in [-0.4, -0.2) is 29.4 Å². The normalized spacial score (nSPS) is 14.7. The summed E-state index contributed by atoms with van der Waals surface area (Å²) in [5, 5.41) is 8.60. The molecule has 0 spiro atoms. The van der Waals surface area contributed by atoms with Crippen LogP contribution in [0.25, 0.3) is 0 Å². The van der Waals surface area contributed by atoms with E-state index in [9.17, 15) is 18.1 Å². The summed E-state index contributed by atoms with van der Waals surface area (Å²) in [6.07, 6.45) is 8.17. The van der Waals surface area contributed by atoms with Crippen molar-refractivity contribution >= 4 is 10.1 Å². The molecule has 19 heavy (non-hydrogen) atoms. The summed E-state index contributed by atoms with van der Waals surface area (Å²) < 4.78 is 31.9. The maximum atomic E-state index is 10.6. The van der Waals surface area contributed by atoms with Crippen LogP contribution in [0.15, 0.2) is 0 Å². The standard InChI is InChI=1S/C13H28O4S.K/c1-3-13(14)11-9-7-5-4-6-8-10-12(2)18(15,16)17;/h12-14H,3-11H2,1-2H3,(H,15,16,17);/q;+1/p-1. The first-order valence-electron chi connectivity index (χ1n) is 7.00. The molecule has 0 aliphatic carbocycles. The van der Waals surface area contributed by atoms with Crippen molar-refractivity contribution in [3.8, 4) is 0 Å². The molecule has 0 rings (SSSR count). The van der Waals surface area contributed by atoms with Crippen LogP contribution >= 0.6 is 0 Å². The number of unbranched alkanes of at least 4 members (excludes halogenated alkanes) is 5. The zero-order chi connectivity index (χ0) is 14.0. The quantitative estimate of drug-likeness (QED) is 0.326. The van der Waals surface area contributed by atoms with Crippen LogP contribution in [0, 0.1) is 0 Å². The molecule has 0 bridgehead atoms. The van der Waals surface area contributed by atoms with Crippen LogP contribution in [0.4, 0.5) is 0 Å². The molecule has 110 valence electrons. The van der Waals surface area contributed by atoms with Crippen molar-refractivity contribution in [2.75, 3.05) is 0 Å². The third-order valence-electron chi connectivity index (χ3n) is 3.36. The summed E-state index contributed by atoms with van der Waals surface area (Å²) in [5.74, 6) is 0. The molecule has 0 aliphatic rings. The third-order valence-corrected chi connectivity index (χ3v) is 4.58. The molecule has 0 saturated heterocycles. The first-order chi connectivity index (χ1) is 8.38. The zero-order valence-corrected chi connectivity index (χ0v) is 16.5. The molecule has 6 heteroatoms. The second-order valence-corrected chi connectivity index (χ2v) is 6.85. The topological polar surface area (TPSA) is 77.4 Å². The summed E-state index contributed by atoms with van der Waals surface area (Å²) in [6.45, 7) is 3.46. The van der Waals surface area contributed by atoms with Gasteiger partial charge in [0, 0.05) is 5.25 Å². The smallest absolute Gasteiger partial charge is 0.748 e. The Balaban J connectivity index is 0.